The van der Waals surface area contributed by atoms with Crippen LogP contribution in [0.25, 0.3) is 0 Å². The number of nitrogens with zero attached hydrogens (tertiary/aromatic N) is 2. The molecule has 7 heteroatoms. The Kier molecular flexibility index (Phi) is 7.02. The number of nitriles is 1. The molecule has 2 rings (SSSR count). The van der Waals surface area contributed by atoms with Crippen LogP contribution >= 0.6 is 23.2 Å². The molecule has 0 aliphatic rings. The molecule has 0 unspecified atom stereocenters. The van der Waals surface area contributed by atoms with Gasteiger partial charge in [-0.05, 0) is 42.8 Å². The Morgan fingerprint density at radius 1 is 1.19 bits per heavy atom. The van der Waals surface area contributed by atoms with Crippen molar-refractivity contribution in [2.24, 2.45) is 0 Å². The molecule has 0 aliphatic heterocycles. The van der Waals surface area contributed by atoms with E-state index in [-0.39, 0.29) is 18.4 Å². The van der Waals surface area contributed by atoms with E-state index in [2.05, 4.69) is 5.32 Å². The SMILES string of the molecule is CCCN(CC(=O)Nc1cc(Cl)ccc1Cl)C(=O)c1cccc(C#N)c1. The Hall–Kier alpha value is -2.55. The average molecular weight is 390 g/mol. The number of rotatable bonds is 6. The molecule has 0 atom stereocenters. The summed E-state index contributed by atoms with van der Waals surface area (Å²) in [6.45, 7) is 2.19. The van der Waals surface area contributed by atoms with Crippen molar-refractivity contribution in [2.75, 3.05) is 18.4 Å². The third kappa shape index (κ3) is 5.22. The molecule has 0 aliphatic carbocycles. The molecule has 134 valence electrons. The molecular weight excluding hydrogens is 373 g/mol. The van der Waals surface area contributed by atoms with Gasteiger partial charge in [-0.15, -0.1) is 0 Å². The smallest absolute Gasteiger partial charge is 0.254 e. The fourth-order valence-electron chi connectivity index (χ4n) is 2.38. The van der Waals surface area contributed by atoms with E-state index >= 15 is 0 Å². The lowest BCUT2D eigenvalue weighted by atomic mass is 10.1. The van der Waals surface area contributed by atoms with Gasteiger partial charge in [0.25, 0.3) is 5.91 Å². The first kappa shape index (κ1) is 19.8. The van der Waals surface area contributed by atoms with E-state index in [0.29, 0.717) is 39.8 Å². The maximum atomic E-state index is 12.7. The van der Waals surface area contributed by atoms with Crippen LogP contribution in [0.5, 0.6) is 0 Å². The zero-order chi connectivity index (χ0) is 19.1. The first-order valence-corrected chi connectivity index (χ1v) is 8.74. The summed E-state index contributed by atoms with van der Waals surface area (Å²) in [6, 6.07) is 13.1. The van der Waals surface area contributed by atoms with Crippen molar-refractivity contribution >= 4 is 40.7 Å². The van der Waals surface area contributed by atoms with Crippen LogP contribution in [0.1, 0.15) is 29.3 Å². The van der Waals surface area contributed by atoms with Crippen LogP contribution in [0.15, 0.2) is 42.5 Å². The van der Waals surface area contributed by atoms with Gasteiger partial charge in [0.05, 0.1) is 22.3 Å². The number of carbonyl (C=O) groups excluding carboxylic acids is 2. The Morgan fingerprint density at radius 3 is 2.65 bits per heavy atom. The summed E-state index contributed by atoms with van der Waals surface area (Å²) in [5, 5.41) is 12.5. The first-order chi connectivity index (χ1) is 12.4. The van der Waals surface area contributed by atoms with Crippen LogP contribution in [0.2, 0.25) is 10.0 Å². The molecule has 2 amide bonds. The fourth-order valence-corrected chi connectivity index (χ4v) is 2.72. The summed E-state index contributed by atoms with van der Waals surface area (Å²) in [5.41, 5.74) is 1.15. The number of hydrogen-bond acceptors (Lipinski definition) is 3. The summed E-state index contributed by atoms with van der Waals surface area (Å²) < 4.78 is 0. The van der Waals surface area contributed by atoms with Crippen LogP contribution in [-0.2, 0) is 4.79 Å². The summed E-state index contributed by atoms with van der Waals surface area (Å²) in [5.74, 6) is -0.691. The highest BCUT2D eigenvalue weighted by molar-refractivity contribution is 6.35. The maximum absolute atomic E-state index is 12.7. The monoisotopic (exact) mass is 389 g/mol. The second-order valence-electron chi connectivity index (χ2n) is 5.59. The molecule has 0 spiro atoms. The molecule has 2 aromatic rings. The van der Waals surface area contributed by atoms with Crippen molar-refractivity contribution < 1.29 is 9.59 Å². The van der Waals surface area contributed by atoms with Crippen molar-refractivity contribution in [3.8, 4) is 6.07 Å². The molecule has 0 fully saturated rings. The van der Waals surface area contributed by atoms with Gasteiger partial charge in [0, 0.05) is 17.1 Å². The summed E-state index contributed by atoms with van der Waals surface area (Å²) in [6.07, 6.45) is 0.689. The highest BCUT2D eigenvalue weighted by Crippen LogP contribution is 2.25. The van der Waals surface area contributed by atoms with Gasteiger partial charge in [-0.2, -0.15) is 5.26 Å². The van der Waals surface area contributed by atoms with E-state index in [1.54, 1.807) is 36.4 Å². The molecule has 2 aromatic carbocycles. The van der Waals surface area contributed by atoms with Gasteiger partial charge in [-0.25, -0.2) is 0 Å². The lowest BCUT2D eigenvalue weighted by molar-refractivity contribution is -0.116. The number of halogens is 2. The van der Waals surface area contributed by atoms with Crippen LogP contribution in [0.4, 0.5) is 5.69 Å². The van der Waals surface area contributed by atoms with Crippen LogP contribution in [0, 0.1) is 11.3 Å². The highest BCUT2D eigenvalue weighted by Gasteiger charge is 2.19. The van der Waals surface area contributed by atoms with Gasteiger partial charge in [0.2, 0.25) is 5.91 Å². The normalized spacial score (nSPS) is 10.1. The number of amides is 2. The van der Waals surface area contributed by atoms with Gasteiger partial charge in [-0.1, -0.05) is 36.2 Å². The van der Waals surface area contributed by atoms with Crippen molar-refractivity contribution in [1.82, 2.24) is 4.90 Å². The predicted octanol–water partition coefficient (Wildman–Crippen LogP) is 4.36. The molecule has 0 aromatic heterocycles. The zero-order valence-corrected chi connectivity index (χ0v) is 15.6. The minimum Gasteiger partial charge on any atom is -0.329 e. The first-order valence-electron chi connectivity index (χ1n) is 7.99. The number of carbonyl (C=O) groups is 2. The molecule has 0 bridgehead atoms. The van der Waals surface area contributed by atoms with Crippen molar-refractivity contribution in [1.29, 1.82) is 5.26 Å². The second-order valence-corrected chi connectivity index (χ2v) is 6.44. The molecule has 5 nitrogen and oxygen atoms in total. The lowest BCUT2D eigenvalue weighted by Crippen LogP contribution is -2.38. The van der Waals surface area contributed by atoms with Gasteiger partial charge in [0.15, 0.2) is 0 Å². The van der Waals surface area contributed by atoms with Crippen LogP contribution in [-0.4, -0.2) is 29.8 Å². The Morgan fingerprint density at radius 2 is 1.96 bits per heavy atom. The minimum absolute atomic E-state index is 0.133. The second kappa shape index (κ2) is 9.23. The number of hydrogen-bond donors (Lipinski definition) is 1. The Balaban J connectivity index is 2.13. The molecule has 0 saturated heterocycles. The van der Waals surface area contributed by atoms with E-state index in [9.17, 15) is 9.59 Å². The van der Waals surface area contributed by atoms with E-state index in [1.807, 2.05) is 13.0 Å². The molecule has 0 radical (unpaired) electrons. The Labute approximate surface area is 162 Å². The third-order valence-corrected chi connectivity index (χ3v) is 4.12. The number of nitrogens with one attached hydrogen (secondary N) is 1. The van der Waals surface area contributed by atoms with Crippen molar-refractivity contribution in [3.63, 3.8) is 0 Å². The standard InChI is InChI=1S/C19H17Cl2N3O2/c1-2-8-24(19(26)14-5-3-4-13(9-14)11-22)12-18(25)23-17-10-15(20)6-7-16(17)21/h3-7,9-10H,2,8,12H2,1H3,(H,23,25). The summed E-state index contributed by atoms with van der Waals surface area (Å²) in [4.78, 5) is 26.5. The minimum atomic E-state index is -0.382. The largest absolute Gasteiger partial charge is 0.329 e. The topological polar surface area (TPSA) is 73.2 Å². The van der Waals surface area contributed by atoms with Crippen molar-refractivity contribution in [2.45, 2.75) is 13.3 Å². The van der Waals surface area contributed by atoms with Crippen LogP contribution < -0.4 is 5.32 Å². The van der Waals surface area contributed by atoms with E-state index in [4.69, 9.17) is 28.5 Å². The molecule has 1 N–H and O–H groups in total. The third-order valence-electron chi connectivity index (χ3n) is 3.56. The van der Waals surface area contributed by atoms with Crippen LogP contribution in [0.3, 0.4) is 0 Å². The Bertz CT molecular complexity index is 862. The average Bonchev–Trinajstić information content (AvgIpc) is 2.63. The summed E-state index contributed by atoms with van der Waals surface area (Å²) in [7, 11) is 0. The van der Waals surface area contributed by atoms with E-state index in [0.717, 1.165) is 0 Å². The molecular formula is C19H17Cl2N3O2. The van der Waals surface area contributed by atoms with Gasteiger partial charge in [-0.3, -0.25) is 9.59 Å². The zero-order valence-electron chi connectivity index (χ0n) is 14.1. The highest BCUT2D eigenvalue weighted by atomic mass is 35.5. The number of benzene rings is 2. The molecule has 26 heavy (non-hydrogen) atoms. The quantitative estimate of drug-likeness (QED) is 0.797. The summed E-state index contributed by atoms with van der Waals surface area (Å²) >= 11 is 12.0. The van der Waals surface area contributed by atoms with E-state index in [1.165, 1.54) is 11.0 Å². The predicted molar refractivity (Wildman–Crippen MR) is 102 cm³/mol. The van der Waals surface area contributed by atoms with Crippen molar-refractivity contribution in [3.05, 3.63) is 63.6 Å². The van der Waals surface area contributed by atoms with Gasteiger partial charge >= 0.3 is 0 Å². The van der Waals surface area contributed by atoms with Gasteiger partial charge in [0.1, 0.15) is 6.54 Å². The molecule has 0 saturated carbocycles. The van der Waals surface area contributed by atoms with Gasteiger partial charge < -0.3 is 10.2 Å². The molecule has 0 heterocycles. The number of anilines is 1. The lowest BCUT2D eigenvalue weighted by Gasteiger charge is -2.22. The maximum Gasteiger partial charge on any atom is 0.254 e. The fraction of sp³-hybridized carbons (Fsp3) is 0.211. The van der Waals surface area contributed by atoms with E-state index < -0.39 is 0 Å².